The van der Waals surface area contributed by atoms with Crippen molar-refractivity contribution in [2.24, 2.45) is 0 Å². The number of ketones is 1. The van der Waals surface area contributed by atoms with Crippen molar-refractivity contribution >= 4 is 5.78 Å². The summed E-state index contributed by atoms with van der Waals surface area (Å²) in [6.45, 7) is 5.84. The molecular weight excluding hydrogens is 447 g/mol. The smallest absolute Gasteiger partial charge is 0.254 e. The number of Topliss-reactive ketones (excluding diaryl/α,β-unsaturated/α-hetero) is 1. The average molecular weight is 479 g/mol. The van der Waals surface area contributed by atoms with E-state index in [0.29, 0.717) is 11.3 Å². The number of nitrogens with zero attached hydrogens (tertiary/aromatic N) is 2. The molecule has 2 heterocycles. The summed E-state index contributed by atoms with van der Waals surface area (Å²) in [6, 6.07) is 16.7. The molecule has 184 valence electrons. The summed E-state index contributed by atoms with van der Waals surface area (Å²) in [4.78, 5) is 27.6. The van der Waals surface area contributed by atoms with Crippen molar-refractivity contribution in [3.05, 3.63) is 99.7 Å². The van der Waals surface area contributed by atoms with Gasteiger partial charge in [0.1, 0.15) is 18.2 Å². The Bertz CT molecular complexity index is 1210. The number of likely N-dealkylation sites (tertiary alicyclic amines) is 1. The summed E-state index contributed by atoms with van der Waals surface area (Å²) in [5.41, 5.74) is 1.53. The van der Waals surface area contributed by atoms with Crippen LogP contribution in [-0.4, -0.2) is 39.0 Å². The van der Waals surface area contributed by atoms with Crippen LogP contribution in [0.5, 0.6) is 5.75 Å². The third-order valence-electron chi connectivity index (χ3n) is 6.74. The molecule has 1 saturated heterocycles. The summed E-state index contributed by atoms with van der Waals surface area (Å²) in [7, 11) is 0. The lowest BCUT2D eigenvalue weighted by molar-refractivity contribution is -0.0149. The van der Waals surface area contributed by atoms with Gasteiger partial charge in [0.05, 0.1) is 12.1 Å². The molecule has 1 unspecified atom stereocenters. The number of carbonyl (C=O) groups excluding carboxylic acids is 1. The van der Waals surface area contributed by atoms with Gasteiger partial charge in [-0.2, -0.15) is 0 Å². The maximum atomic E-state index is 13.0. The molecule has 1 aliphatic rings. The number of aromatic nitrogens is 1. The van der Waals surface area contributed by atoms with E-state index in [9.17, 15) is 19.1 Å². The SMILES string of the molecule is CC(c1ccc(C(=O)Cn2ccc(OCc3ccc(F)cc3)cc2=O)cc1)N1CCC(C)(O)CC1. The largest absolute Gasteiger partial charge is 0.489 e. The average Bonchev–Trinajstić information content (AvgIpc) is 2.85. The second-order valence-corrected chi connectivity index (χ2v) is 9.50. The van der Waals surface area contributed by atoms with Gasteiger partial charge in [-0.3, -0.25) is 14.5 Å². The number of rotatable bonds is 8. The molecule has 1 fully saturated rings. The Morgan fingerprint density at radius 3 is 2.37 bits per heavy atom. The minimum absolute atomic E-state index is 0.0623. The van der Waals surface area contributed by atoms with E-state index in [-0.39, 0.29) is 36.4 Å². The highest BCUT2D eigenvalue weighted by Crippen LogP contribution is 2.28. The maximum absolute atomic E-state index is 13.0. The summed E-state index contributed by atoms with van der Waals surface area (Å²) in [5, 5.41) is 10.2. The summed E-state index contributed by atoms with van der Waals surface area (Å²) >= 11 is 0. The fraction of sp³-hybridized carbons (Fsp3) is 0.357. The van der Waals surface area contributed by atoms with Gasteiger partial charge >= 0.3 is 0 Å². The number of ether oxygens (including phenoxy) is 1. The maximum Gasteiger partial charge on any atom is 0.254 e. The fourth-order valence-corrected chi connectivity index (χ4v) is 4.25. The van der Waals surface area contributed by atoms with Crippen LogP contribution in [0, 0.1) is 5.82 Å². The topological polar surface area (TPSA) is 71.8 Å². The molecule has 4 rings (SSSR count). The van der Waals surface area contributed by atoms with Crippen LogP contribution in [0.25, 0.3) is 0 Å². The zero-order valence-electron chi connectivity index (χ0n) is 20.1. The molecule has 0 saturated carbocycles. The minimum Gasteiger partial charge on any atom is -0.489 e. The van der Waals surface area contributed by atoms with Gasteiger partial charge in [0.25, 0.3) is 5.56 Å². The zero-order chi connectivity index (χ0) is 25.0. The lowest BCUT2D eigenvalue weighted by atomic mass is 9.92. The normalized spacial score (nSPS) is 16.6. The van der Waals surface area contributed by atoms with E-state index < -0.39 is 5.60 Å². The molecule has 3 aromatic rings. The molecular formula is C28H31FN2O4. The van der Waals surface area contributed by atoms with E-state index in [4.69, 9.17) is 4.74 Å². The first-order valence-corrected chi connectivity index (χ1v) is 11.9. The monoisotopic (exact) mass is 478 g/mol. The number of hydrogen-bond donors (Lipinski definition) is 1. The molecule has 1 atom stereocenters. The number of piperidine rings is 1. The molecule has 0 spiro atoms. The highest BCUT2D eigenvalue weighted by Gasteiger charge is 2.29. The van der Waals surface area contributed by atoms with Crippen LogP contribution in [-0.2, 0) is 13.2 Å². The second kappa shape index (κ2) is 10.5. The number of halogens is 1. The van der Waals surface area contributed by atoms with E-state index in [1.54, 1.807) is 36.5 Å². The van der Waals surface area contributed by atoms with Crippen LogP contribution in [0.1, 0.15) is 54.2 Å². The van der Waals surface area contributed by atoms with E-state index in [1.165, 1.54) is 22.8 Å². The predicted octanol–water partition coefficient (Wildman–Crippen LogP) is 4.36. The standard InChI is InChI=1S/C28H31FN2O4/c1-20(30-15-12-28(2,34)13-16-30)22-5-7-23(8-6-22)26(32)18-31-14-11-25(17-27(31)33)35-19-21-3-9-24(29)10-4-21/h3-11,14,17,20,34H,12-13,15-16,18-19H2,1-2H3. The fourth-order valence-electron chi connectivity index (χ4n) is 4.25. The number of hydrogen-bond acceptors (Lipinski definition) is 5. The summed E-state index contributed by atoms with van der Waals surface area (Å²) < 4.78 is 20.0. The first kappa shape index (κ1) is 24.8. The van der Waals surface area contributed by atoms with Gasteiger partial charge in [-0.05, 0) is 56.0 Å². The molecule has 35 heavy (non-hydrogen) atoms. The lowest BCUT2D eigenvalue weighted by Crippen LogP contribution is -2.43. The predicted molar refractivity (Wildman–Crippen MR) is 132 cm³/mol. The Morgan fingerprint density at radius 1 is 1.09 bits per heavy atom. The molecule has 1 N–H and O–H groups in total. The molecule has 1 aromatic heterocycles. The van der Waals surface area contributed by atoms with Gasteiger partial charge < -0.3 is 14.4 Å². The van der Waals surface area contributed by atoms with Crippen LogP contribution < -0.4 is 10.3 Å². The van der Waals surface area contributed by atoms with Crippen molar-refractivity contribution in [2.45, 2.75) is 51.5 Å². The highest BCUT2D eigenvalue weighted by molar-refractivity contribution is 5.95. The van der Waals surface area contributed by atoms with Gasteiger partial charge in [0.15, 0.2) is 5.78 Å². The summed E-state index contributed by atoms with van der Waals surface area (Å²) in [5.74, 6) is -0.0803. The number of aliphatic hydroxyl groups is 1. The van der Waals surface area contributed by atoms with E-state index in [0.717, 1.165) is 37.1 Å². The van der Waals surface area contributed by atoms with Crippen molar-refractivity contribution in [3.8, 4) is 5.75 Å². The number of benzene rings is 2. The van der Waals surface area contributed by atoms with Crippen molar-refractivity contribution in [1.82, 2.24) is 9.47 Å². The van der Waals surface area contributed by atoms with E-state index >= 15 is 0 Å². The molecule has 1 aliphatic heterocycles. The van der Waals surface area contributed by atoms with Gasteiger partial charge in [0.2, 0.25) is 0 Å². The minimum atomic E-state index is -0.586. The molecule has 0 amide bonds. The van der Waals surface area contributed by atoms with Crippen LogP contribution >= 0.6 is 0 Å². The third-order valence-corrected chi connectivity index (χ3v) is 6.74. The van der Waals surface area contributed by atoms with Gasteiger partial charge in [-0.1, -0.05) is 36.4 Å². The number of pyridine rings is 1. The van der Waals surface area contributed by atoms with Gasteiger partial charge in [-0.25, -0.2) is 4.39 Å². The van der Waals surface area contributed by atoms with Gasteiger partial charge in [0, 0.05) is 37.0 Å². The van der Waals surface area contributed by atoms with Crippen molar-refractivity contribution in [1.29, 1.82) is 0 Å². The zero-order valence-corrected chi connectivity index (χ0v) is 20.1. The summed E-state index contributed by atoms with van der Waals surface area (Å²) in [6.07, 6.45) is 3.04. The van der Waals surface area contributed by atoms with Crippen LogP contribution in [0.15, 0.2) is 71.7 Å². The van der Waals surface area contributed by atoms with E-state index in [2.05, 4.69) is 11.8 Å². The molecule has 7 heteroatoms. The number of carbonyl (C=O) groups is 1. The Kier molecular flexibility index (Phi) is 7.48. The lowest BCUT2D eigenvalue weighted by Gasteiger charge is -2.39. The first-order valence-electron chi connectivity index (χ1n) is 11.9. The molecule has 0 bridgehead atoms. The first-order chi connectivity index (χ1) is 16.7. The quantitative estimate of drug-likeness (QED) is 0.487. The van der Waals surface area contributed by atoms with Crippen molar-refractivity contribution < 1.29 is 19.0 Å². The Balaban J connectivity index is 1.34. The molecule has 6 nitrogen and oxygen atoms in total. The molecule has 2 aromatic carbocycles. The Hall–Kier alpha value is -3.29. The van der Waals surface area contributed by atoms with Crippen molar-refractivity contribution in [3.63, 3.8) is 0 Å². The second-order valence-electron chi connectivity index (χ2n) is 9.50. The molecule has 0 radical (unpaired) electrons. The van der Waals surface area contributed by atoms with Crippen LogP contribution in [0.3, 0.4) is 0 Å². The van der Waals surface area contributed by atoms with Crippen LogP contribution in [0.2, 0.25) is 0 Å². The van der Waals surface area contributed by atoms with Crippen LogP contribution in [0.4, 0.5) is 4.39 Å². The van der Waals surface area contributed by atoms with Gasteiger partial charge in [-0.15, -0.1) is 0 Å². The Labute approximate surface area is 204 Å². The highest BCUT2D eigenvalue weighted by atomic mass is 19.1. The van der Waals surface area contributed by atoms with Crippen molar-refractivity contribution in [2.75, 3.05) is 13.1 Å². The third kappa shape index (κ3) is 6.44. The molecule has 0 aliphatic carbocycles. The Morgan fingerprint density at radius 2 is 1.74 bits per heavy atom. The van der Waals surface area contributed by atoms with E-state index in [1.807, 2.05) is 19.1 Å².